The zero-order valence-electron chi connectivity index (χ0n) is 12.6. The summed E-state index contributed by atoms with van der Waals surface area (Å²) in [6.07, 6.45) is -0.316. The number of hydrogen-bond donors (Lipinski definition) is 1. The molecule has 0 bridgehead atoms. The molecule has 0 saturated carbocycles. The van der Waals surface area contributed by atoms with Crippen LogP contribution in [0.5, 0.6) is 0 Å². The monoisotopic (exact) mass is 340 g/mol. The standard InChI is InChI=1S/C15H21BrN2O2/c1-14(2,3)20-13(19)18-12-8-10(16)6-7-11(12)17-9-15(18,4)5/h6-8,17H,9H2,1-5H3. The molecule has 2 rings (SSSR count). The highest BCUT2D eigenvalue weighted by atomic mass is 79.9. The number of fused-ring (bicyclic) bond motifs is 1. The first-order valence-corrected chi connectivity index (χ1v) is 7.46. The predicted octanol–water partition coefficient (Wildman–Crippen LogP) is 4.39. The molecule has 0 atom stereocenters. The Morgan fingerprint density at radius 2 is 2.05 bits per heavy atom. The molecule has 4 nitrogen and oxygen atoms in total. The first kappa shape index (κ1) is 15.2. The second kappa shape index (κ2) is 4.95. The van der Waals surface area contributed by atoms with Gasteiger partial charge in [-0.15, -0.1) is 0 Å². The molecule has 1 aromatic carbocycles. The van der Waals surface area contributed by atoms with Gasteiger partial charge in [0.2, 0.25) is 0 Å². The highest BCUT2D eigenvalue weighted by molar-refractivity contribution is 9.10. The van der Waals surface area contributed by atoms with Crippen LogP contribution in [-0.4, -0.2) is 23.8 Å². The van der Waals surface area contributed by atoms with Crippen molar-refractivity contribution >= 4 is 33.4 Å². The summed E-state index contributed by atoms with van der Waals surface area (Å²) < 4.78 is 6.49. The van der Waals surface area contributed by atoms with Crippen molar-refractivity contribution in [2.24, 2.45) is 0 Å². The van der Waals surface area contributed by atoms with Crippen LogP contribution in [0.3, 0.4) is 0 Å². The third-order valence-electron chi connectivity index (χ3n) is 3.09. The van der Waals surface area contributed by atoms with Crippen LogP contribution in [0.4, 0.5) is 16.2 Å². The third kappa shape index (κ3) is 3.08. The smallest absolute Gasteiger partial charge is 0.415 e. The number of halogens is 1. The number of carbonyl (C=O) groups excluding carboxylic acids is 1. The number of carbonyl (C=O) groups is 1. The first-order valence-electron chi connectivity index (χ1n) is 6.67. The fourth-order valence-corrected chi connectivity index (χ4v) is 2.56. The van der Waals surface area contributed by atoms with Crippen LogP contribution in [0.2, 0.25) is 0 Å². The van der Waals surface area contributed by atoms with Crippen LogP contribution in [0.1, 0.15) is 34.6 Å². The number of nitrogens with one attached hydrogen (secondary N) is 1. The normalized spacial score (nSPS) is 17.2. The van der Waals surface area contributed by atoms with Gasteiger partial charge < -0.3 is 10.1 Å². The van der Waals surface area contributed by atoms with Gasteiger partial charge in [-0.2, -0.15) is 0 Å². The summed E-state index contributed by atoms with van der Waals surface area (Å²) in [5.74, 6) is 0. The van der Waals surface area contributed by atoms with Gasteiger partial charge in [-0.3, -0.25) is 4.90 Å². The topological polar surface area (TPSA) is 41.6 Å². The molecule has 5 heteroatoms. The Bertz CT molecular complexity index is 535. The lowest BCUT2D eigenvalue weighted by Gasteiger charge is -2.43. The second-order valence-corrected chi connectivity index (χ2v) is 7.56. The lowest BCUT2D eigenvalue weighted by Crippen LogP contribution is -2.56. The van der Waals surface area contributed by atoms with Crippen molar-refractivity contribution in [3.63, 3.8) is 0 Å². The number of benzene rings is 1. The van der Waals surface area contributed by atoms with Gasteiger partial charge >= 0.3 is 6.09 Å². The summed E-state index contributed by atoms with van der Waals surface area (Å²) in [7, 11) is 0. The van der Waals surface area contributed by atoms with E-state index in [2.05, 4.69) is 21.2 Å². The van der Waals surface area contributed by atoms with E-state index in [4.69, 9.17) is 4.74 Å². The van der Waals surface area contributed by atoms with E-state index in [1.54, 1.807) is 4.90 Å². The molecule has 1 aromatic rings. The van der Waals surface area contributed by atoms with Gasteiger partial charge in [0.25, 0.3) is 0 Å². The fourth-order valence-electron chi connectivity index (χ4n) is 2.21. The van der Waals surface area contributed by atoms with Gasteiger partial charge in [-0.25, -0.2) is 4.79 Å². The van der Waals surface area contributed by atoms with Gasteiger partial charge in [0, 0.05) is 11.0 Å². The molecule has 1 aliphatic rings. The van der Waals surface area contributed by atoms with E-state index in [1.165, 1.54) is 0 Å². The fraction of sp³-hybridized carbons (Fsp3) is 0.533. The van der Waals surface area contributed by atoms with E-state index in [0.29, 0.717) is 6.54 Å². The molecule has 0 spiro atoms. The van der Waals surface area contributed by atoms with Crippen LogP contribution in [0.15, 0.2) is 22.7 Å². The van der Waals surface area contributed by atoms with Crippen molar-refractivity contribution in [1.29, 1.82) is 0 Å². The van der Waals surface area contributed by atoms with E-state index < -0.39 is 5.60 Å². The number of rotatable bonds is 0. The van der Waals surface area contributed by atoms with Crippen LogP contribution >= 0.6 is 15.9 Å². The molecule has 0 aromatic heterocycles. The van der Waals surface area contributed by atoms with Gasteiger partial charge in [0.15, 0.2) is 0 Å². The van der Waals surface area contributed by atoms with E-state index in [9.17, 15) is 4.79 Å². The van der Waals surface area contributed by atoms with Gasteiger partial charge in [-0.05, 0) is 52.8 Å². The summed E-state index contributed by atoms with van der Waals surface area (Å²) in [6, 6.07) is 5.86. The first-order chi connectivity index (χ1) is 9.10. The zero-order chi connectivity index (χ0) is 15.1. The molecular weight excluding hydrogens is 320 g/mol. The van der Waals surface area contributed by atoms with E-state index in [0.717, 1.165) is 15.8 Å². The Balaban J connectivity index is 2.43. The Morgan fingerprint density at radius 1 is 1.40 bits per heavy atom. The highest BCUT2D eigenvalue weighted by Gasteiger charge is 2.39. The molecular formula is C15H21BrN2O2. The molecule has 1 N–H and O–H groups in total. The summed E-state index contributed by atoms with van der Waals surface area (Å²) in [4.78, 5) is 14.3. The van der Waals surface area contributed by atoms with Crippen molar-refractivity contribution in [3.05, 3.63) is 22.7 Å². The lowest BCUT2D eigenvalue weighted by molar-refractivity contribution is 0.0546. The molecule has 1 heterocycles. The quantitative estimate of drug-likeness (QED) is 0.761. The van der Waals surface area contributed by atoms with Crippen molar-refractivity contribution in [3.8, 4) is 0 Å². The van der Waals surface area contributed by atoms with Crippen LogP contribution in [0.25, 0.3) is 0 Å². The SMILES string of the molecule is CC(C)(C)OC(=O)N1c2cc(Br)ccc2NCC1(C)C. The zero-order valence-corrected chi connectivity index (χ0v) is 14.2. The molecule has 0 unspecified atom stereocenters. The average Bonchev–Trinajstić information content (AvgIpc) is 2.24. The van der Waals surface area contributed by atoms with Crippen molar-refractivity contribution < 1.29 is 9.53 Å². The van der Waals surface area contributed by atoms with Crippen molar-refractivity contribution in [2.45, 2.75) is 45.8 Å². The van der Waals surface area contributed by atoms with Crippen molar-refractivity contribution in [1.82, 2.24) is 0 Å². The maximum atomic E-state index is 12.6. The molecule has 1 amide bonds. The number of amides is 1. The van der Waals surface area contributed by atoms with E-state index >= 15 is 0 Å². The number of anilines is 2. The van der Waals surface area contributed by atoms with E-state index in [-0.39, 0.29) is 11.6 Å². The third-order valence-corrected chi connectivity index (χ3v) is 3.59. The summed E-state index contributed by atoms with van der Waals surface area (Å²) in [6.45, 7) is 10.4. The maximum Gasteiger partial charge on any atom is 0.415 e. The minimum Gasteiger partial charge on any atom is -0.443 e. The maximum absolute atomic E-state index is 12.6. The number of ether oxygens (including phenoxy) is 1. The Kier molecular flexibility index (Phi) is 3.75. The Hall–Kier alpha value is -1.23. The van der Waals surface area contributed by atoms with Crippen molar-refractivity contribution in [2.75, 3.05) is 16.8 Å². The molecule has 110 valence electrons. The van der Waals surface area contributed by atoms with Gasteiger partial charge in [0.05, 0.1) is 16.9 Å². The minimum absolute atomic E-state index is 0.316. The summed E-state index contributed by atoms with van der Waals surface area (Å²) >= 11 is 3.46. The summed E-state index contributed by atoms with van der Waals surface area (Å²) in [5.41, 5.74) is 0.920. The minimum atomic E-state index is -0.510. The second-order valence-electron chi connectivity index (χ2n) is 6.64. The largest absolute Gasteiger partial charge is 0.443 e. The summed E-state index contributed by atoms with van der Waals surface area (Å²) in [5, 5.41) is 3.36. The molecule has 0 aliphatic carbocycles. The Morgan fingerprint density at radius 3 is 2.65 bits per heavy atom. The van der Waals surface area contributed by atoms with Gasteiger partial charge in [0.1, 0.15) is 5.60 Å². The number of hydrogen-bond acceptors (Lipinski definition) is 3. The molecule has 0 fully saturated rings. The van der Waals surface area contributed by atoms with Crippen LogP contribution in [0, 0.1) is 0 Å². The molecule has 20 heavy (non-hydrogen) atoms. The lowest BCUT2D eigenvalue weighted by atomic mass is 9.98. The van der Waals surface area contributed by atoms with Crippen LogP contribution < -0.4 is 10.2 Å². The van der Waals surface area contributed by atoms with E-state index in [1.807, 2.05) is 52.8 Å². The Labute approximate surface area is 128 Å². The number of nitrogens with zero attached hydrogens (tertiary/aromatic N) is 1. The predicted molar refractivity (Wildman–Crippen MR) is 85.4 cm³/mol. The average molecular weight is 341 g/mol. The van der Waals surface area contributed by atoms with Gasteiger partial charge in [-0.1, -0.05) is 15.9 Å². The molecule has 0 saturated heterocycles. The molecule has 0 radical (unpaired) electrons. The molecule has 1 aliphatic heterocycles. The highest BCUT2D eigenvalue weighted by Crippen LogP contribution is 2.38. The van der Waals surface area contributed by atoms with Crippen LogP contribution in [-0.2, 0) is 4.74 Å².